The van der Waals surface area contributed by atoms with Gasteiger partial charge in [0.2, 0.25) is 0 Å². The van der Waals surface area contributed by atoms with Crippen LogP contribution >= 0.6 is 0 Å². The van der Waals surface area contributed by atoms with E-state index in [4.69, 9.17) is 0 Å². The molecule has 6 heteroatoms. The molecule has 71 valence electrons. The van der Waals surface area contributed by atoms with E-state index in [2.05, 4.69) is 4.74 Å². The van der Waals surface area contributed by atoms with Crippen LogP contribution in [0.5, 0.6) is 0 Å². The number of nitro groups is 1. The smallest absolute Gasteiger partial charge is 0.381 e. The van der Waals surface area contributed by atoms with E-state index in [1.54, 1.807) is 0 Å². The summed E-state index contributed by atoms with van der Waals surface area (Å²) >= 11 is 0. The first-order valence-electron chi connectivity index (χ1n) is 3.48. The van der Waals surface area contributed by atoms with Gasteiger partial charge in [-0.1, -0.05) is 0 Å². The van der Waals surface area contributed by atoms with Crippen LogP contribution in [-0.2, 0) is 9.53 Å². The van der Waals surface area contributed by atoms with Gasteiger partial charge in [0.25, 0.3) is 5.69 Å². The van der Waals surface area contributed by atoms with Crippen LogP contribution in [0.15, 0.2) is 24.3 Å². The average molecular weight is 194 g/mol. The Morgan fingerprint density at radius 1 is 1.36 bits per heavy atom. The highest BCUT2D eigenvalue weighted by atomic mass is 16.6. The molecule has 1 rings (SSSR count). The highest BCUT2D eigenvalue weighted by molar-refractivity contribution is 5.93. The van der Waals surface area contributed by atoms with Gasteiger partial charge in [0.05, 0.1) is 10.5 Å². The van der Waals surface area contributed by atoms with Crippen LogP contribution in [0.3, 0.4) is 0 Å². The third-order valence-corrected chi connectivity index (χ3v) is 1.45. The Bertz CT molecular complexity index is 370. The summed E-state index contributed by atoms with van der Waals surface area (Å²) in [5, 5.41) is 10.2. The van der Waals surface area contributed by atoms with Crippen LogP contribution in [0.25, 0.3) is 0 Å². The molecule has 1 radical (unpaired) electrons. The van der Waals surface area contributed by atoms with Gasteiger partial charge in [-0.2, -0.15) is 0 Å². The molecule has 0 aliphatic rings. The summed E-state index contributed by atoms with van der Waals surface area (Å²) < 4.78 is 3.91. The van der Waals surface area contributed by atoms with Crippen LogP contribution in [-0.4, -0.2) is 17.4 Å². The second kappa shape index (κ2) is 4.13. The first-order valence-corrected chi connectivity index (χ1v) is 3.48. The largest absolute Gasteiger partial charge is 0.425 e. The molecule has 1 aromatic rings. The van der Waals surface area contributed by atoms with Crippen molar-refractivity contribution in [3.05, 3.63) is 39.9 Å². The van der Waals surface area contributed by atoms with E-state index in [0.717, 1.165) is 18.6 Å². The highest BCUT2D eigenvalue weighted by Crippen LogP contribution is 2.12. The molecule has 0 unspecified atom stereocenters. The maximum atomic E-state index is 10.9. The van der Waals surface area contributed by atoms with Gasteiger partial charge in [-0.3, -0.25) is 10.1 Å². The number of ether oxygens (including phenoxy) is 1. The van der Waals surface area contributed by atoms with E-state index in [1.165, 1.54) is 12.1 Å². The second-order valence-electron chi connectivity index (χ2n) is 2.28. The van der Waals surface area contributed by atoms with Crippen LogP contribution in [0.1, 0.15) is 10.4 Å². The molecule has 6 nitrogen and oxygen atoms in total. The molecular weight excluding hydrogens is 190 g/mol. The van der Waals surface area contributed by atoms with E-state index >= 15 is 0 Å². The number of esters is 1. The summed E-state index contributed by atoms with van der Waals surface area (Å²) in [6.45, 7) is 0.970. The molecule has 1 aromatic carbocycles. The second-order valence-corrected chi connectivity index (χ2v) is 2.28. The van der Waals surface area contributed by atoms with Gasteiger partial charge in [-0.05, 0) is 12.1 Å². The van der Waals surface area contributed by atoms with Crippen LogP contribution < -0.4 is 0 Å². The number of hydrogen-bond donors (Lipinski definition) is 0. The molecule has 0 spiro atoms. The Morgan fingerprint density at radius 3 is 2.36 bits per heavy atom. The Balaban J connectivity index is 2.88. The number of carbonyl (C=O) groups excluding carboxylic acids is 2. The SMILES string of the molecule is O=[C]OC(=O)c1ccc([N+](=O)[O-])cc1. The fourth-order valence-electron chi connectivity index (χ4n) is 0.816. The quantitative estimate of drug-likeness (QED) is 0.307. The minimum absolute atomic E-state index is 0.0546. The molecule has 0 aliphatic carbocycles. The third-order valence-electron chi connectivity index (χ3n) is 1.45. The minimum Gasteiger partial charge on any atom is -0.381 e. The number of rotatable bonds is 3. The van der Waals surface area contributed by atoms with Crippen molar-refractivity contribution in [3.8, 4) is 0 Å². The summed E-state index contributed by atoms with van der Waals surface area (Å²) in [5.41, 5.74) is -0.0874. The van der Waals surface area contributed by atoms with Crippen molar-refractivity contribution < 1.29 is 19.2 Å². The van der Waals surface area contributed by atoms with Crippen molar-refractivity contribution in [2.75, 3.05) is 0 Å². The summed E-state index contributed by atoms with van der Waals surface area (Å²) in [6.07, 6.45) is 0. The van der Waals surface area contributed by atoms with E-state index in [0.29, 0.717) is 0 Å². The molecule has 14 heavy (non-hydrogen) atoms. The van der Waals surface area contributed by atoms with Crippen LogP contribution in [0, 0.1) is 10.1 Å². The Kier molecular flexibility index (Phi) is 2.90. The zero-order valence-electron chi connectivity index (χ0n) is 6.80. The van der Waals surface area contributed by atoms with Gasteiger partial charge in [0.1, 0.15) is 0 Å². The normalized spacial score (nSPS) is 9.14. The van der Waals surface area contributed by atoms with Crippen LogP contribution in [0.4, 0.5) is 5.69 Å². The van der Waals surface area contributed by atoms with Gasteiger partial charge < -0.3 is 4.74 Å². The predicted molar refractivity (Wildman–Crippen MR) is 44.2 cm³/mol. The zero-order chi connectivity index (χ0) is 10.6. The van der Waals surface area contributed by atoms with E-state index in [9.17, 15) is 19.7 Å². The first-order chi connectivity index (χ1) is 6.65. The summed E-state index contributed by atoms with van der Waals surface area (Å²) in [4.78, 5) is 30.2. The third kappa shape index (κ3) is 2.13. The molecule has 0 fully saturated rings. The molecule has 0 bridgehead atoms. The maximum absolute atomic E-state index is 10.9. The van der Waals surface area contributed by atoms with E-state index < -0.39 is 10.9 Å². The first kappa shape index (κ1) is 9.85. The van der Waals surface area contributed by atoms with Crippen molar-refractivity contribution >= 4 is 18.1 Å². The lowest BCUT2D eigenvalue weighted by Crippen LogP contribution is -2.03. The highest BCUT2D eigenvalue weighted by Gasteiger charge is 2.10. The molecule has 0 saturated carbocycles. The van der Waals surface area contributed by atoms with Gasteiger partial charge >= 0.3 is 12.4 Å². The number of nitro benzene ring substituents is 1. The van der Waals surface area contributed by atoms with Crippen molar-refractivity contribution in [1.29, 1.82) is 0 Å². The van der Waals surface area contributed by atoms with Gasteiger partial charge in [0.15, 0.2) is 0 Å². The summed E-state index contributed by atoms with van der Waals surface area (Å²) in [6, 6.07) is 4.67. The molecule has 0 amide bonds. The Hall–Kier alpha value is -2.24. The molecule has 0 aromatic heterocycles. The van der Waals surface area contributed by atoms with Crippen LogP contribution in [0.2, 0.25) is 0 Å². The Morgan fingerprint density at radius 2 is 1.93 bits per heavy atom. The minimum atomic E-state index is -0.894. The number of benzene rings is 1. The van der Waals surface area contributed by atoms with Gasteiger partial charge in [-0.15, -0.1) is 0 Å². The predicted octanol–water partition coefficient (Wildman–Crippen LogP) is 0.819. The number of non-ortho nitro benzene ring substituents is 1. The molecule has 0 atom stereocenters. The lowest BCUT2D eigenvalue weighted by atomic mass is 10.2. The van der Waals surface area contributed by atoms with Gasteiger partial charge in [-0.25, -0.2) is 9.59 Å². The van der Waals surface area contributed by atoms with Crippen molar-refractivity contribution in [2.45, 2.75) is 0 Å². The van der Waals surface area contributed by atoms with Gasteiger partial charge in [0, 0.05) is 12.1 Å². The fourth-order valence-corrected chi connectivity index (χ4v) is 0.816. The molecule has 0 heterocycles. The number of carbonyl (C=O) groups is 1. The van der Waals surface area contributed by atoms with E-state index in [-0.39, 0.29) is 11.3 Å². The summed E-state index contributed by atoms with van der Waals surface area (Å²) in [7, 11) is 0. The number of hydrogen-bond acceptors (Lipinski definition) is 5. The molecule has 0 aliphatic heterocycles. The average Bonchev–Trinajstić information content (AvgIpc) is 2.18. The Labute approximate surface area is 78.3 Å². The fraction of sp³-hybridized carbons (Fsp3) is 0. The lowest BCUT2D eigenvalue weighted by molar-refractivity contribution is -0.384. The standard InChI is InChI=1S/C8H4NO5/c10-5-14-8(11)6-1-3-7(4-2-6)9(12)13/h1-4H. The summed E-state index contributed by atoms with van der Waals surface area (Å²) in [5.74, 6) is -0.894. The molecule has 0 saturated heterocycles. The molecular formula is C8H4NO5. The van der Waals surface area contributed by atoms with Crippen molar-refractivity contribution in [2.24, 2.45) is 0 Å². The van der Waals surface area contributed by atoms with Crippen molar-refractivity contribution in [1.82, 2.24) is 0 Å². The zero-order valence-corrected chi connectivity index (χ0v) is 6.80. The lowest BCUT2D eigenvalue weighted by Gasteiger charge is -1.95. The van der Waals surface area contributed by atoms with Crippen molar-refractivity contribution in [3.63, 3.8) is 0 Å². The maximum Gasteiger partial charge on any atom is 0.425 e. The van der Waals surface area contributed by atoms with E-state index in [1.807, 2.05) is 0 Å². The number of nitrogens with zero attached hydrogens (tertiary/aromatic N) is 1. The molecule has 0 N–H and O–H groups in total. The topological polar surface area (TPSA) is 86.5 Å². The monoisotopic (exact) mass is 194 g/mol.